The third-order valence-corrected chi connectivity index (χ3v) is 2.81. The van der Waals surface area contributed by atoms with E-state index in [1.165, 1.54) is 6.92 Å². The maximum Gasteiger partial charge on any atom is 0.307 e. The summed E-state index contributed by atoms with van der Waals surface area (Å²) < 4.78 is 5.23. The summed E-state index contributed by atoms with van der Waals surface area (Å²) in [6, 6.07) is 3.54. The van der Waals surface area contributed by atoms with Crippen LogP contribution in [0.2, 0.25) is 0 Å². The molecule has 1 aromatic heterocycles. The molecule has 0 saturated carbocycles. The number of rotatable bonds is 7. The van der Waals surface area contributed by atoms with Gasteiger partial charge in [0.2, 0.25) is 0 Å². The lowest BCUT2D eigenvalue weighted by molar-refractivity contribution is -0.154. The minimum absolute atomic E-state index is 0.0764. The van der Waals surface area contributed by atoms with E-state index in [1.54, 1.807) is 12.1 Å². The van der Waals surface area contributed by atoms with Gasteiger partial charge in [-0.15, -0.1) is 0 Å². The number of carbonyl (C=O) groups is 2. The summed E-state index contributed by atoms with van der Waals surface area (Å²) in [4.78, 5) is 27.1. The van der Waals surface area contributed by atoms with Crippen LogP contribution in [0, 0.1) is 0 Å². The Balaban J connectivity index is 2.50. The highest BCUT2D eigenvalue weighted by molar-refractivity contribution is 5.92. The number of ketones is 1. The van der Waals surface area contributed by atoms with Crippen LogP contribution in [0.25, 0.3) is 6.08 Å². The van der Waals surface area contributed by atoms with Crippen LogP contribution in [-0.2, 0) is 16.1 Å². The minimum Gasteiger partial charge on any atom is -0.460 e. The Morgan fingerprint density at radius 3 is 2.59 bits per heavy atom. The third kappa shape index (κ3) is 6.18. The Morgan fingerprint density at radius 2 is 2.05 bits per heavy atom. The number of pyridine rings is 1. The number of esters is 1. The molecule has 1 N–H and O–H groups in total. The fourth-order valence-corrected chi connectivity index (χ4v) is 1.83. The van der Waals surface area contributed by atoms with Crippen molar-refractivity contribution in [2.24, 2.45) is 0 Å². The topological polar surface area (TPSA) is 68.3 Å². The molecule has 120 valence electrons. The van der Waals surface area contributed by atoms with Gasteiger partial charge < -0.3 is 10.1 Å². The number of hydrogen-bond acceptors (Lipinski definition) is 5. The molecule has 5 heteroatoms. The van der Waals surface area contributed by atoms with Gasteiger partial charge in [0.1, 0.15) is 11.3 Å². The molecule has 1 heterocycles. The molecule has 1 aromatic rings. The van der Waals surface area contributed by atoms with Crippen molar-refractivity contribution in [3.8, 4) is 0 Å². The second-order valence-electron chi connectivity index (χ2n) is 6.01. The molecular formula is C17H24N2O3. The fraction of sp³-hybridized carbons (Fsp3) is 0.471. The van der Waals surface area contributed by atoms with E-state index >= 15 is 0 Å². The molecule has 0 aliphatic carbocycles. The van der Waals surface area contributed by atoms with Gasteiger partial charge in [-0.3, -0.25) is 9.59 Å². The molecule has 0 aliphatic heterocycles. The average molecular weight is 304 g/mol. The van der Waals surface area contributed by atoms with Gasteiger partial charge in [-0.2, -0.15) is 0 Å². The maximum absolute atomic E-state index is 11.6. The summed E-state index contributed by atoms with van der Waals surface area (Å²) in [5.74, 6) is -0.304. The molecule has 0 unspecified atom stereocenters. The lowest BCUT2D eigenvalue weighted by Crippen LogP contribution is -2.26. The van der Waals surface area contributed by atoms with Crippen LogP contribution in [-0.4, -0.2) is 28.9 Å². The molecule has 0 saturated heterocycles. The van der Waals surface area contributed by atoms with E-state index in [0.717, 1.165) is 5.56 Å². The van der Waals surface area contributed by atoms with E-state index in [0.29, 0.717) is 30.9 Å². The van der Waals surface area contributed by atoms with Crippen molar-refractivity contribution in [3.05, 3.63) is 35.7 Å². The lowest BCUT2D eigenvalue weighted by Gasteiger charge is -2.19. The van der Waals surface area contributed by atoms with Crippen LogP contribution in [0.3, 0.4) is 0 Å². The highest BCUT2D eigenvalue weighted by Crippen LogP contribution is 2.10. The normalized spacial score (nSPS) is 11.1. The average Bonchev–Trinajstić information content (AvgIpc) is 2.41. The van der Waals surface area contributed by atoms with Crippen LogP contribution in [0.1, 0.15) is 55.9 Å². The first-order valence-corrected chi connectivity index (χ1v) is 7.29. The second-order valence-corrected chi connectivity index (χ2v) is 6.01. The zero-order chi connectivity index (χ0) is 16.8. The SMILES string of the molecule is C=Cc1nc(C(C)=O)ccc1CNCCC(=O)OC(C)(C)C. The summed E-state index contributed by atoms with van der Waals surface area (Å²) in [6.07, 6.45) is 1.93. The molecule has 5 nitrogen and oxygen atoms in total. The number of Topliss-reactive ketones (excluding diaryl/α,β-unsaturated/α-hetero) is 1. The van der Waals surface area contributed by atoms with Crippen molar-refractivity contribution in [1.82, 2.24) is 10.3 Å². The van der Waals surface area contributed by atoms with E-state index in [-0.39, 0.29) is 11.8 Å². The standard InChI is InChI=1S/C17H24N2O3/c1-6-14-13(7-8-15(19-14)12(2)20)11-18-10-9-16(21)22-17(3,4)5/h6-8,18H,1,9-11H2,2-5H3. The number of ether oxygens (including phenoxy) is 1. The molecule has 0 aliphatic rings. The first-order chi connectivity index (χ1) is 10.2. The zero-order valence-electron chi connectivity index (χ0n) is 13.7. The van der Waals surface area contributed by atoms with Gasteiger partial charge >= 0.3 is 5.97 Å². The molecule has 0 bridgehead atoms. The Morgan fingerprint density at radius 1 is 1.36 bits per heavy atom. The largest absolute Gasteiger partial charge is 0.460 e. The monoisotopic (exact) mass is 304 g/mol. The summed E-state index contributed by atoms with van der Waals surface area (Å²) in [6.45, 7) is 11.8. The summed E-state index contributed by atoms with van der Waals surface area (Å²) in [5.41, 5.74) is 1.58. The Hall–Kier alpha value is -2.01. The summed E-state index contributed by atoms with van der Waals surface area (Å²) in [5, 5.41) is 3.17. The summed E-state index contributed by atoms with van der Waals surface area (Å²) in [7, 11) is 0. The smallest absolute Gasteiger partial charge is 0.307 e. The Labute approximate surface area is 131 Å². The van der Waals surface area contributed by atoms with Crippen molar-refractivity contribution >= 4 is 17.8 Å². The van der Waals surface area contributed by atoms with Gasteiger partial charge in [0.25, 0.3) is 0 Å². The fourth-order valence-electron chi connectivity index (χ4n) is 1.83. The van der Waals surface area contributed by atoms with Crippen LogP contribution in [0.5, 0.6) is 0 Å². The first kappa shape index (κ1) is 18.0. The number of nitrogens with one attached hydrogen (secondary N) is 1. The number of carbonyl (C=O) groups excluding carboxylic acids is 2. The number of nitrogens with zero attached hydrogens (tertiary/aromatic N) is 1. The number of aromatic nitrogens is 1. The van der Waals surface area contributed by atoms with E-state index in [9.17, 15) is 9.59 Å². The zero-order valence-corrected chi connectivity index (χ0v) is 13.7. The predicted octanol–water partition coefficient (Wildman–Crippen LogP) is 2.75. The molecule has 0 aromatic carbocycles. The molecule has 0 fully saturated rings. The number of hydrogen-bond donors (Lipinski definition) is 1. The minimum atomic E-state index is -0.459. The lowest BCUT2D eigenvalue weighted by atomic mass is 10.1. The van der Waals surface area contributed by atoms with Gasteiger partial charge in [0, 0.05) is 20.0 Å². The van der Waals surface area contributed by atoms with Crippen molar-refractivity contribution in [3.63, 3.8) is 0 Å². The molecule has 0 spiro atoms. The van der Waals surface area contributed by atoms with Gasteiger partial charge in [0.15, 0.2) is 5.78 Å². The molecule has 0 atom stereocenters. The van der Waals surface area contributed by atoms with Crippen LogP contribution in [0.4, 0.5) is 0 Å². The Kier molecular flexibility index (Phi) is 6.43. The Bertz CT molecular complexity index is 560. The van der Waals surface area contributed by atoms with Gasteiger partial charge in [-0.05, 0) is 38.5 Å². The molecular weight excluding hydrogens is 280 g/mol. The van der Waals surface area contributed by atoms with Gasteiger partial charge in [-0.25, -0.2) is 4.98 Å². The van der Waals surface area contributed by atoms with E-state index < -0.39 is 5.60 Å². The second kappa shape index (κ2) is 7.84. The predicted molar refractivity (Wildman–Crippen MR) is 86.5 cm³/mol. The van der Waals surface area contributed by atoms with E-state index in [2.05, 4.69) is 16.9 Å². The first-order valence-electron chi connectivity index (χ1n) is 7.29. The van der Waals surface area contributed by atoms with Crippen molar-refractivity contribution in [1.29, 1.82) is 0 Å². The van der Waals surface area contributed by atoms with Gasteiger partial charge in [0.05, 0.1) is 12.1 Å². The van der Waals surface area contributed by atoms with E-state index in [1.807, 2.05) is 26.8 Å². The third-order valence-electron chi connectivity index (χ3n) is 2.81. The van der Waals surface area contributed by atoms with Crippen LogP contribution < -0.4 is 5.32 Å². The maximum atomic E-state index is 11.6. The molecule has 0 amide bonds. The molecule has 0 radical (unpaired) electrons. The van der Waals surface area contributed by atoms with Crippen LogP contribution >= 0.6 is 0 Å². The van der Waals surface area contributed by atoms with Crippen molar-refractivity contribution < 1.29 is 14.3 Å². The van der Waals surface area contributed by atoms with Crippen LogP contribution in [0.15, 0.2) is 18.7 Å². The highest BCUT2D eigenvalue weighted by atomic mass is 16.6. The van der Waals surface area contributed by atoms with E-state index in [4.69, 9.17) is 4.74 Å². The quantitative estimate of drug-likeness (QED) is 0.476. The molecule has 22 heavy (non-hydrogen) atoms. The molecule has 1 rings (SSSR count). The highest BCUT2D eigenvalue weighted by Gasteiger charge is 2.15. The summed E-state index contributed by atoms with van der Waals surface area (Å²) >= 11 is 0. The van der Waals surface area contributed by atoms with Gasteiger partial charge in [-0.1, -0.05) is 12.6 Å². The van der Waals surface area contributed by atoms with Crippen molar-refractivity contribution in [2.45, 2.75) is 46.3 Å². The van der Waals surface area contributed by atoms with Crippen molar-refractivity contribution in [2.75, 3.05) is 6.54 Å².